The summed E-state index contributed by atoms with van der Waals surface area (Å²) in [7, 11) is 3.33. The zero-order valence-electron chi connectivity index (χ0n) is 20.3. The van der Waals surface area contributed by atoms with Gasteiger partial charge in [0.05, 0.1) is 19.9 Å². The third-order valence-electron chi connectivity index (χ3n) is 7.89. The van der Waals surface area contributed by atoms with E-state index in [9.17, 15) is 4.79 Å². The van der Waals surface area contributed by atoms with E-state index in [0.717, 1.165) is 41.4 Å². The van der Waals surface area contributed by atoms with Crippen LogP contribution in [0.2, 0.25) is 0 Å². The summed E-state index contributed by atoms with van der Waals surface area (Å²) in [4.78, 5) is 13.0. The molecule has 1 saturated carbocycles. The Morgan fingerprint density at radius 3 is 2.56 bits per heavy atom. The largest absolute Gasteiger partial charge is 0.493 e. The summed E-state index contributed by atoms with van der Waals surface area (Å²) >= 11 is 0. The summed E-state index contributed by atoms with van der Waals surface area (Å²) in [6.07, 6.45) is 2.16. The molecule has 2 aliphatic rings. The number of fused-ring (bicyclic) bond motifs is 3. The van der Waals surface area contributed by atoms with Crippen molar-refractivity contribution in [2.75, 3.05) is 20.8 Å². The van der Waals surface area contributed by atoms with Gasteiger partial charge in [-0.05, 0) is 53.4 Å². The van der Waals surface area contributed by atoms with Crippen molar-refractivity contribution in [1.82, 2.24) is 10.5 Å². The zero-order valence-corrected chi connectivity index (χ0v) is 20.3. The third-order valence-corrected chi connectivity index (χ3v) is 7.89. The van der Waals surface area contributed by atoms with Crippen molar-refractivity contribution < 1.29 is 18.8 Å². The number of nitrogens with zero attached hydrogens (tertiary/aromatic N) is 1. The van der Waals surface area contributed by atoms with E-state index in [1.807, 2.05) is 30.3 Å². The zero-order chi connectivity index (χ0) is 23.9. The van der Waals surface area contributed by atoms with Gasteiger partial charge in [-0.1, -0.05) is 49.3 Å². The Labute approximate surface area is 200 Å². The number of ether oxygens (including phenoxy) is 2. The van der Waals surface area contributed by atoms with Crippen molar-refractivity contribution in [3.63, 3.8) is 0 Å². The monoisotopic (exact) mass is 460 g/mol. The Kier molecular flexibility index (Phi) is 5.84. The van der Waals surface area contributed by atoms with Gasteiger partial charge in [0.2, 0.25) is 5.91 Å². The molecule has 5 rings (SSSR count). The number of methoxy groups -OCH3 is 2. The van der Waals surface area contributed by atoms with Gasteiger partial charge in [0.1, 0.15) is 0 Å². The van der Waals surface area contributed by atoms with Gasteiger partial charge in [-0.25, -0.2) is 0 Å². The smallest absolute Gasteiger partial charge is 0.220 e. The topological polar surface area (TPSA) is 73.6 Å². The number of hydrogen-bond donors (Lipinski definition) is 1. The van der Waals surface area contributed by atoms with Crippen LogP contribution in [-0.4, -0.2) is 31.8 Å². The van der Waals surface area contributed by atoms with Gasteiger partial charge in [-0.2, -0.15) is 0 Å². The molecule has 1 aliphatic carbocycles. The number of amides is 1. The van der Waals surface area contributed by atoms with Gasteiger partial charge < -0.3 is 19.3 Å². The van der Waals surface area contributed by atoms with E-state index in [2.05, 4.69) is 42.5 Å². The summed E-state index contributed by atoms with van der Waals surface area (Å²) < 4.78 is 17.0. The predicted molar refractivity (Wildman–Crippen MR) is 130 cm³/mol. The number of rotatable bonds is 4. The minimum atomic E-state index is -0.216. The van der Waals surface area contributed by atoms with E-state index in [1.54, 1.807) is 14.2 Å². The van der Waals surface area contributed by atoms with Gasteiger partial charge in [0.15, 0.2) is 17.3 Å². The van der Waals surface area contributed by atoms with Crippen LogP contribution in [0.5, 0.6) is 11.5 Å². The number of carbonyl (C=O) groups is 1. The van der Waals surface area contributed by atoms with E-state index >= 15 is 0 Å². The maximum atomic E-state index is 13.0. The molecule has 1 aromatic heterocycles. The summed E-state index contributed by atoms with van der Waals surface area (Å²) in [6.45, 7) is 5.17. The Hall–Kier alpha value is -3.28. The standard InChI is InChI=1S/C28H32N2O4/c1-17-16-28(2)20-13-25(33-4)24(32-3)12-19(20)10-11-29-26(31)14-21(28)27(17)22-15-23(34-30-22)18-8-6-5-7-9-18/h5-9,12-13,15,17,21,27H,10-11,14,16H2,1-4H3,(H,29,31)/t17-,21?,27+,28+/m0/s1. The summed E-state index contributed by atoms with van der Waals surface area (Å²) in [5, 5.41) is 7.64. The van der Waals surface area contributed by atoms with E-state index < -0.39 is 0 Å². The average Bonchev–Trinajstić information content (AvgIpc) is 3.42. The molecular formula is C28H32N2O4. The molecule has 0 saturated heterocycles. The third kappa shape index (κ3) is 3.75. The minimum absolute atomic E-state index is 0.0752. The van der Waals surface area contributed by atoms with Crippen LogP contribution in [0.25, 0.3) is 11.3 Å². The molecule has 1 unspecified atom stereocenters. The van der Waals surface area contributed by atoms with Crippen LogP contribution in [0.1, 0.15) is 49.4 Å². The lowest BCUT2D eigenvalue weighted by Crippen LogP contribution is -2.34. The van der Waals surface area contributed by atoms with Crippen LogP contribution >= 0.6 is 0 Å². The second-order valence-corrected chi connectivity index (χ2v) is 9.88. The maximum Gasteiger partial charge on any atom is 0.220 e. The first-order valence-corrected chi connectivity index (χ1v) is 12.0. The molecule has 0 bridgehead atoms. The van der Waals surface area contributed by atoms with Crippen molar-refractivity contribution in [2.24, 2.45) is 11.8 Å². The number of aromatic nitrogens is 1. The van der Waals surface area contributed by atoms with Crippen LogP contribution in [0.3, 0.4) is 0 Å². The van der Waals surface area contributed by atoms with Crippen LogP contribution in [0.4, 0.5) is 0 Å². The number of nitrogens with one attached hydrogen (secondary N) is 1. The molecule has 6 heteroatoms. The normalized spacial score (nSPS) is 26.5. The quantitative estimate of drug-likeness (QED) is 0.585. The highest BCUT2D eigenvalue weighted by Gasteiger charge is 2.53. The summed E-state index contributed by atoms with van der Waals surface area (Å²) in [6, 6.07) is 16.3. The second kappa shape index (κ2) is 8.82. The SMILES string of the molecule is COc1cc2c(cc1OC)[C@@]1(C)C[C@H](C)[C@@H](c3cc(-c4ccccc4)on3)C1CC(=O)NCC2. The first-order chi connectivity index (χ1) is 16.4. The molecule has 3 aromatic rings. The maximum absolute atomic E-state index is 13.0. The molecule has 0 spiro atoms. The Balaban J connectivity index is 1.61. The second-order valence-electron chi connectivity index (χ2n) is 9.88. The number of carbonyl (C=O) groups excluding carboxylic acids is 1. The van der Waals surface area contributed by atoms with Gasteiger partial charge >= 0.3 is 0 Å². The molecule has 1 aliphatic heterocycles. The van der Waals surface area contributed by atoms with E-state index in [0.29, 0.717) is 18.9 Å². The fraction of sp³-hybridized carbons (Fsp3) is 0.429. The molecule has 4 atom stereocenters. The van der Waals surface area contributed by atoms with E-state index in [-0.39, 0.29) is 23.2 Å². The number of hydrogen-bond acceptors (Lipinski definition) is 5. The molecule has 34 heavy (non-hydrogen) atoms. The van der Waals surface area contributed by atoms with Crippen LogP contribution in [0, 0.1) is 11.8 Å². The van der Waals surface area contributed by atoms with Crippen LogP contribution in [-0.2, 0) is 16.6 Å². The summed E-state index contributed by atoms with van der Waals surface area (Å²) in [5.74, 6) is 2.81. The Morgan fingerprint density at radius 2 is 1.82 bits per heavy atom. The molecular weight excluding hydrogens is 428 g/mol. The lowest BCUT2D eigenvalue weighted by atomic mass is 9.68. The van der Waals surface area contributed by atoms with Crippen LogP contribution < -0.4 is 14.8 Å². The first-order valence-electron chi connectivity index (χ1n) is 12.0. The molecule has 1 amide bonds. The van der Waals surface area contributed by atoms with Crippen molar-refractivity contribution in [3.8, 4) is 22.8 Å². The minimum Gasteiger partial charge on any atom is -0.493 e. The molecule has 6 nitrogen and oxygen atoms in total. The fourth-order valence-electron chi connectivity index (χ4n) is 6.35. The van der Waals surface area contributed by atoms with Gasteiger partial charge in [-0.3, -0.25) is 4.79 Å². The Bertz CT molecular complexity index is 1190. The van der Waals surface area contributed by atoms with E-state index in [1.165, 1.54) is 11.1 Å². The fourth-order valence-corrected chi connectivity index (χ4v) is 6.35. The lowest BCUT2D eigenvalue weighted by Gasteiger charge is -2.35. The first kappa shape index (κ1) is 22.5. The average molecular weight is 461 g/mol. The summed E-state index contributed by atoms with van der Waals surface area (Å²) in [5.41, 5.74) is 4.16. The predicted octanol–water partition coefficient (Wildman–Crippen LogP) is 5.12. The molecule has 178 valence electrons. The lowest BCUT2D eigenvalue weighted by molar-refractivity contribution is -0.122. The van der Waals surface area contributed by atoms with Crippen molar-refractivity contribution in [2.45, 2.75) is 44.4 Å². The van der Waals surface area contributed by atoms with Crippen molar-refractivity contribution in [1.29, 1.82) is 0 Å². The van der Waals surface area contributed by atoms with Crippen LogP contribution in [0.15, 0.2) is 53.1 Å². The molecule has 2 heterocycles. The number of benzene rings is 2. The highest BCUT2D eigenvalue weighted by Crippen LogP contribution is 2.58. The molecule has 1 fully saturated rings. The van der Waals surface area contributed by atoms with E-state index in [4.69, 9.17) is 14.0 Å². The molecule has 2 aromatic carbocycles. The van der Waals surface area contributed by atoms with Gasteiger partial charge in [0.25, 0.3) is 0 Å². The van der Waals surface area contributed by atoms with Crippen molar-refractivity contribution in [3.05, 3.63) is 65.4 Å². The molecule has 0 radical (unpaired) electrons. The Morgan fingerprint density at radius 1 is 1.09 bits per heavy atom. The highest BCUT2D eigenvalue weighted by atomic mass is 16.5. The molecule has 1 N–H and O–H groups in total. The van der Waals surface area contributed by atoms with Gasteiger partial charge in [-0.15, -0.1) is 0 Å². The van der Waals surface area contributed by atoms with Gasteiger partial charge in [0, 0.05) is 30.5 Å². The highest BCUT2D eigenvalue weighted by molar-refractivity contribution is 5.77. The van der Waals surface area contributed by atoms with Crippen molar-refractivity contribution >= 4 is 5.91 Å².